The van der Waals surface area contributed by atoms with Gasteiger partial charge < -0.3 is 24.8 Å². The first-order valence-corrected chi connectivity index (χ1v) is 11.0. The van der Waals surface area contributed by atoms with Crippen molar-refractivity contribution < 1.29 is 19.4 Å². The Hall–Kier alpha value is -0.990. The number of carbonyl (C=O) groups is 1. The zero-order valence-electron chi connectivity index (χ0n) is 16.0. The molecular weight excluding hydrogens is 364 g/mol. The van der Waals surface area contributed by atoms with Crippen LogP contribution in [0.4, 0.5) is 0 Å². The van der Waals surface area contributed by atoms with Crippen LogP contribution in [0.1, 0.15) is 30.6 Å². The Balaban J connectivity index is 1.24. The Labute approximate surface area is 165 Å². The first-order valence-electron chi connectivity index (χ1n) is 10.1. The smallest absolute Gasteiger partial charge is 0.223 e. The van der Waals surface area contributed by atoms with E-state index in [1.807, 2.05) is 6.07 Å². The minimum absolute atomic E-state index is 0.0949. The molecule has 2 aliphatic heterocycles. The molecule has 0 spiro atoms. The van der Waals surface area contributed by atoms with Crippen LogP contribution in [-0.2, 0) is 20.7 Å². The summed E-state index contributed by atoms with van der Waals surface area (Å²) in [5.41, 5.74) is 0. The molecule has 0 bridgehead atoms. The van der Waals surface area contributed by atoms with Gasteiger partial charge in [-0.15, -0.1) is 11.3 Å². The first kappa shape index (κ1) is 20.7. The molecule has 2 N–H and O–H groups in total. The van der Waals surface area contributed by atoms with Crippen molar-refractivity contribution in [3.8, 4) is 0 Å². The van der Waals surface area contributed by atoms with Gasteiger partial charge in [0.2, 0.25) is 5.91 Å². The van der Waals surface area contributed by atoms with Gasteiger partial charge in [0.15, 0.2) is 0 Å². The van der Waals surface area contributed by atoms with Gasteiger partial charge in [-0.1, -0.05) is 6.07 Å². The van der Waals surface area contributed by atoms with E-state index in [9.17, 15) is 9.90 Å². The minimum Gasteiger partial charge on any atom is -0.389 e. The zero-order chi connectivity index (χ0) is 18.9. The number of amides is 1. The molecule has 0 radical (unpaired) electrons. The Morgan fingerprint density at radius 2 is 2.26 bits per heavy atom. The summed E-state index contributed by atoms with van der Waals surface area (Å²) in [4.78, 5) is 15.9. The third-order valence-corrected chi connectivity index (χ3v) is 6.25. The van der Waals surface area contributed by atoms with Crippen molar-refractivity contribution in [2.75, 3.05) is 46.0 Å². The molecule has 2 atom stereocenters. The van der Waals surface area contributed by atoms with E-state index >= 15 is 0 Å². The van der Waals surface area contributed by atoms with E-state index in [-0.39, 0.29) is 17.9 Å². The molecule has 6 nitrogen and oxygen atoms in total. The molecule has 0 aromatic carbocycles. The van der Waals surface area contributed by atoms with Crippen molar-refractivity contribution in [3.05, 3.63) is 22.4 Å². The van der Waals surface area contributed by atoms with Gasteiger partial charge >= 0.3 is 0 Å². The fraction of sp³-hybridized carbons (Fsp3) is 0.750. The van der Waals surface area contributed by atoms with Gasteiger partial charge in [0.1, 0.15) is 0 Å². The average Bonchev–Trinajstić information content (AvgIpc) is 3.36. The van der Waals surface area contributed by atoms with Crippen LogP contribution in [-0.4, -0.2) is 74.1 Å². The van der Waals surface area contributed by atoms with Crippen molar-refractivity contribution in [2.24, 2.45) is 5.92 Å². The number of β-amino-alcohol motifs (C(OH)–C–C–N with tert-alkyl or cyclic N) is 1. The Bertz CT molecular complexity index is 540. The maximum atomic E-state index is 12.3. The van der Waals surface area contributed by atoms with E-state index in [4.69, 9.17) is 9.47 Å². The van der Waals surface area contributed by atoms with Gasteiger partial charge in [-0.3, -0.25) is 4.79 Å². The van der Waals surface area contributed by atoms with Crippen molar-refractivity contribution in [1.82, 2.24) is 10.2 Å². The Morgan fingerprint density at radius 1 is 1.41 bits per heavy atom. The summed E-state index contributed by atoms with van der Waals surface area (Å²) in [7, 11) is 0. The van der Waals surface area contributed by atoms with E-state index in [1.54, 1.807) is 11.3 Å². The SMILES string of the molecule is O=C(NCCc1cccs1)C1CCN(CC(O)COCC2CCCO2)CC1. The molecular formula is C20H32N2O4S. The summed E-state index contributed by atoms with van der Waals surface area (Å²) < 4.78 is 11.1. The topological polar surface area (TPSA) is 71.0 Å². The summed E-state index contributed by atoms with van der Waals surface area (Å²) in [6.45, 7) is 4.77. The van der Waals surface area contributed by atoms with E-state index in [0.717, 1.165) is 51.8 Å². The molecule has 2 saturated heterocycles. The predicted molar refractivity (Wildman–Crippen MR) is 106 cm³/mol. The average molecular weight is 397 g/mol. The van der Waals surface area contributed by atoms with Crippen molar-refractivity contribution >= 4 is 17.2 Å². The third-order valence-electron chi connectivity index (χ3n) is 5.32. The maximum Gasteiger partial charge on any atom is 0.223 e. The maximum absolute atomic E-state index is 12.3. The molecule has 152 valence electrons. The lowest BCUT2D eigenvalue weighted by Crippen LogP contribution is -2.44. The molecule has 1 aromatic rings. The second kappa shape index (κ2) is 11.1. The highest BCUT2D eigenvalue weighted by molar-refractivity contribution is 7.09. The molecule has 1 aromatic heterocycles. The monoisotopic (exact) mass is 396 g/mol. The number of aliphatic hydroxyl groups is 1. The van der Waals surface area contributed by atoms with Gasteiger partial charge in [-0.25, -0.2) is 0 Å². The molecule has 0 saturated carbocycles. The summed E-state index contributed by atoms with van der Waals surface area (Å²) in [6, 6.07) is 4.14. The summed E-state index contributed by atoms with van der Waals surface area (Å²) in [6.07, 6.45) is 4.49. The van der Waals surface area contributed by atoms with Gasteiger partial charge in [0, 0.05) is 30.5 Å². The fourth-order valence-electron chi connectivity index (χ4n) is 3.75. The second-order valence-electron chi connectivity index (χ2n) is 7.52. The van der Waals surface area contributed by atoms with Gasteiger partial charge in [-0.05, 0) is 56.6 Å². The number of nitrogens with zero attached hydrogens (tertiary/aromatic N) is 1. The fourth-order valence-corrected chi connectivity index (χ4v) is 4.46. The highest BCUT2D eigenvalue weighted by Crippen LogP contribution is 2.18. The van der Waals surface area contributed by atoms with Gasteiger partial charge in [-0.2, -0.15) is 0 Å². The highest BCUT2D eigenvalue weighted by Gasteiger charge is 2.26. The first-order chi connectivity index (χ1) is 13.2. The van der Waals surface area contributed by atoms with E-state index in [1.165, 1.54) is 4.88 Å². The normalized spacial score (nSPS) is 22.8. The molecule has 1 amide bonds. The third kappa shape index (κ3) is 7.16. The van der Waals surface area contributed by atoms with Crippen LogP contribution in [0, 0.1) is 5.92 Å². The lowest BCUT2D eigenvalue weighted by atomic mass is 9.95. The molecule has 2 aliphatic rings. The van der Waals surface area contributed by atoms with Gasteiger partial charge in [0.25, 0.3) is 0 Å². The lowest BCUT2D eigenvalue weighted by Gasteiger charge is -2.32. The Morgan fingerprint density at radius 3 is 2.96 bits per heavy atom. The van der Waals surface area contributed by atoms with Crippen molar-refractivity contribution in [2.45, 2.75) is 44.3 Å². The number of carbonyl (C=O) groups excluding carboxylic acids is 1. The number of ether oxygens (including phenoxy) is 2. The zero-order valence-corrected chi connectivity index (χ0v) is 16.8. The number of nitrogens with one attached hydrogen (secondary N) is 1. The molecule has 2 unspecified atom stereocenters. The minimum atomic E-state index is -0.484. The number of thiophene rings is 1. The van der Waals surface area contributed by atoms with Gasteiger partial charge in [0.05, 0.1) is 25.4 Å². The van der Waals surface area contributed by atoms with Crippen molar-refractivity contribution in [1.29, 1.82) is 0 Å². The summed E-state index contributed by atoms with van der Waals surface area (Å²) in [5, 5.41) is 15.3. The molecule has 27 heavy (non-hydrogen) atoms. The van der Waals surface area contributed by atoms with Crippen LogP contribution in [0.5, 0.6) is 0 Å². The largest absolute Gasteiger partial charge is 0.389 e. The van der Waals surface area contributed by atoms with Crippen LogP contribution >= 0.6 is 11.3 Å². The summed E-state index contributed by atoms with van der Waals surface area (Å²) in [5.74, 6) is 0.268. The molecule has 3 rings (SSSR count). The van der Waals surface area contributed by atoms with Crippen LogP contribution in [0.2, 0.25) is 0 Å². The van der Waals surface area contributed by atoms with E-state index < -0.39 is 6.10 Å². The molecule has 7 heteroatoms. The van der Waals surface area contributed by atoms with Crippen LogP contribution in [0.25, 0.3) is 0 Å². The summed E-state index contributed by atoms with van der Waals surface area (Å²) >= 11 is 1.73. The number of rotatable bonds is 10. The number of aliphatic hydroxyl groups excluding tert-OH is 1. The number of likely N-dealkylation sites (tertiary alicyclic amines) is 1. The molecule has 2 fully saturated rings. The van der Waals surface area contributed by atoms with E-state index in [2.05, 4.69) is 21.7 Å². The number of hydrogen-bond donors (Lipinski definition) is 2. The number of piperidine rings is 1. The van der Waals surface area contributed by atoms with E-state index in [0.29, 0.717) is 26.3 Å². The predicted octanol–water partition coefficient (Wildman–Crippen LogP) is 1.68. The quantitative estimate of drug-likeness (QED) is 0.630. The Kier molecular flexibility index (Phi) is 8.54. The van der Waals surface area contributed by atoms with Crippen LogP contribution in [0.3, 0.4) is 0 Å². The standard InChI is InChI=1S/C20H32N2O4S/c23-17(14-25-15-18-3-1-11-26-18)13-22-9-6-16(7-10-22)20(24)21-8-5-19-4-2-12-27-19/h2,4,12,16-18,23H,1,3,5-11,13-15H2,(H,21,24). The van der Waals surface area contributed by atoms with Crippen LogP contribution < -0.4 is 5.32 Å². The molecule has 3 heterocycles. The lowest BCUT2D eigenvalue weighted by molar-refractivity contribution is -0.126. The van der Waals surface area contributed by atoms with Crippen LogP contribution in [0.15, 0.2) is 17.5 Å². The van der Waals surface area contributed by atoms with Crippen molar-refractivity contribution in [3.63, 3.8) is 0 Å². The molecule has 0 aliphatic carbocycles. The number of hydrogen-bond acceptors (Lipinski definition) is 6. The second-order valence-corrected chi connectivity index (χ2v) is 8.55. The highest BCUT2D eigenvalue weighted by atomic mass is 32.1.